The maximum atomic E-state index is 12.5. The molecule has 0 spiro atoms. The summed E-state index contributed by atoms with van der Waals surface area (Å²) < 4.78 is 0. The van der Waals surface area contributed by atoms with E-state index in [0.29, 0.717) is 35.5 Å². The molecular weight excluding hydrogens is 491 g/mol. The average Bonchev–Trinajstić information content (AvgIpc) is 2.83. The zero-order chi connectivity index (χ0) is 24.6. The van der Waals surface area contributed by atoms with Gasteiger partial charge in [0.05, 0.1) is 18.6 Å². The lowest BCUT2D eigenvalue weighted by Gasteiger charge is -2.38. The summed E-state index contributed by atoms with van der Waals surface area (Å²) in [7, 11) is 0. The van der Waals surface area contributed by atoms with Crippen LogP contribution < -0.4 is 5.32 Å². The van der Waals surface area contributed by atoms with Gasteiger partial charge in [0.1, 0.15) is 0 Å². The standard InChI is InChI=1S/C26H31ClN2O5.ClH/c27-21-7-5-20(6-8-21)26(34)13-16-29(17-14-26)15-1-2-24(31)19-3-9-22(10-4-19)28-18-23(30)11-12-25(32)33;/h3-10,28,34H,1-2,11-18H2,(H,32,33);1H. The van der Waals surface area contributed by atoms with Crippen LogP contribution in [-0.2, 0) is 15.2 Å². The molecule has 35 heavy (non-hydrogen) atoms. The molecule has 0 aromatic heterocycles. The first-order chi connectivity index (χ1) is 16.2. The Morgan fingerprint density at radius 2 is 1.57 bits per heavy atom. The first-order valence-electron chi connectivity index (χ1n) is 11.6. The molecule has 7 nitrogen and oxygen atoms in total. The number of piperidine rings is 1. The highest BCUT2D eigenvalue weighted by atomic mass is 35.5. The number of nitrogens with one attached hydrogen (secondary N) is 1. The molecule has 1 aliphatic heterocycles. The molecule has 1 heterocycles. The highest BCUT2D eigenvalue weighted by molar-refractivity contribution is 6.30. The van der Waals surface area contributed by atoms with Gasteiger partial charge in [0, 0.05) is 42.2 Å². The highest BCUT2D eigenvalue weighted by Gasteiger charge is 2.33. The third-order valence-electron chi connectivity index (χ3n) is 6.26. The molecular formula is C26H32Cl2N2O5. The summed E-state index contributed by atoms with van der Waals surface area (Å²) in [6.45, 7) is 2.42. The van der Waals surface area contributed by atoms with Crippen LogP contribution in [0, 0.1) is 0 Å². The molecule has 0 amide bonds. The molecule has 0 bridgehead atoms. The van der Waals surface area contributed by atoms with Crippen molar-refractivity contribution in [2.24, 2.45) is 0 Å². The molecule has 0 unspecified atom stereocenters. The molecule has 1 aliphatic rings. The van der Waals surface area contributed by atoms with Crippen molar-refractivity contribution in [2.75, 3.05) is 31.5 Å². The summed E-state index contributed by atoms with van der Waals surface area (Å²) in [4.78, 5) is 37.0. The number of carboxylic acids is 1. The number of Topliss-reactive ketones (excluding diaryl/α,β-unsaturated/α-hetero) is 2. The summed E-state index contributed by atoms with van der Waals surface area (Å²) in [5, 5.41) is 23.2. The fourth-order valence-corrected chi connectivity index (χ4v) is 4.24. The summed E-state index contributed by atoms with van der Waals surface area (Å²) in [5.41, 5.74) is 1.41. The monoisotopic (exact) mass is 522 g/mol. The van der Waals surface area contributed by atoms with Crippen molar-refractivity contribution in [2.45, 2.75) is 44.1 Å². The van der Waals surface area contributed by atoms with E-state index in [1.54, 1.807) is 36.4 Å². The van der Waals surface area contributed by atoms with Crippen LogP contribution in [0.15, 0.2) is 48.5 Å². The Balaban J connectivity index is 0.00000432. The van der Waals surface area contributed by atoms with Gasteiger partial charge < -0.3 is 20.4 Å². The van der Waals surface area contributed by atoms with Crippen molar-refractivity contribution in [3.8, 4) is 0 Å². The smallest absolute Gasteiger partial charge is 0.303 e. The van der Waals surface area contributed by atoms with Crippen LogP contribution in [0.4, 0.5) is 5.69 Å². The number of ketones is 2. The zero-order valence-electron chi connectivity index (χ0n) is 19.5. The van der Waals surface area contributed by atoms with Gasteiger partial charge in [-0.1, -0.05) is 23.7 Å². The molecule has 9 heteroatoms. The third-order valence-corrected chi connectivity index (χ3v) is 6.51. The van der Waals surface area contributed by atoms with Gasteiger partial charge in [-0.05, 0) is 67.8 Å². The molecule has 2 aromatic rings. The Morgan fingerprint density at radius 1 is 0.943 bits per heavy atom. The van der Waals surface area contributed by atoms with Gasteiger partial charge in [0.25, 0.3) is 0 Å². The second kappa shape index (κ2) is 13.6. The maximum Gasteiger partial charge on any atom is 0.303 e. The summed E-state index contributed by atoms with van der Waals surface area (Å²) in [5.74, 6) is -1.10. The Bertz CT molecular complexity index is 988. The molecule has 0 radical (unpaired) electrons. The van der Waals surface area contributed by atoms with Gasteiger partial charge in [-0.3, -0.25) is 14.4 Å². The number of benzene rings is 2. The number of halogens is 2. The van der Waals surface area contributed by atoms with E-state index >= 15 is 0 Å². The topological polar surface area (TPSA) is 107 Å². The third kappa shape index (κ3) is 8.93. The molecule has 1 fully saturated rings. The minimum Gasteiger partial charge on any atom is -0.481 e. The SMILES string of the molecule is Cl.O=C(O)CCC(=O)CNc1ccc(C(=O)CCCN2CCC(O)(c3ccc(Cl)cc3)CC2)cc1. The van der Waals surface area contributed by atoms with Crippen LogP contribution >= 0.6 is 24.0 Å². The van der Waals surface area contributed by atoms with E-state index < -0.39 is 11.6 Å². The van der Waals surface area contributed by atoms with E-state index in [1.807, 2.05) is 12.1 Å². The number of likely N-dealkylation sites (tertiary alicyclic amines) is 1. The lowest BCUT2D eigenvalue weighted by atomic mass is 9.84. The van der Waals surface area contributed by atoms with Gasteiger partial charge in [-0.25, -0.2) is 0 Å². The number of carbonyl (C=O) groups is 3. The Hall–Kier alpha value is -2.45. The largest absolute Gasteiger partial charge is 0.481 e. The summed E-state index contributed by atoms with van der Waals surface area (Å²) in [6.07, 6.45) is 2.31. The Labute approximate surface area is 216 Å². The molecule has 0 atom stereocenters. The summed E-state index contributed by atoms with van der Waals surface area (Å²) >= 11 is 5.95. The number of hydrogen-bond donors (Lipinski definition) is 3. The number of nitrogens with zero attached hydrogens (tertiary/aromatic N) is 1. The van der Waals surface area contributed by atoms with Crippen LogP contribution in [-0.4, -0.2) is 58.8 Å². The predicted molar refractivity (Wildman–Crippen MR) is 139 cm³/mol. The fourth-order valence-electron chi connectivity index (χ4n) is 4.11. The minimum absolute atomic E-state index is 0. The van der Waals surface area contributed by atoms with E-state index in [0.717, 1.165) is 31.6 Å². The predicted octanol–water partition coefficient (Wildman–Crippen LogP) is 4.55. The van der Waals surface area contributed by atoms with Crippen LogP contribution in [0.25, 0.3) is 0 Å². The zero-order valence-corrected chi connectivity index (χ0v) is 21.1. The lowest BCUT2D eigenvalue weighted by Crippen LogP contribution is -2.42. The molecule has 1 saturated heterocycles. The number of rotatable bonds is 12. The van der Waals surface area contributed by atoms with Crippen LogP contribution in [0.1, 0.15) is 54.4 Å². The molecule has 3 N–H and O–H groups in total. The van der Waals surface area contributed by atoms with Crippen molar-refractivity contribution in [3.05, 3.63) is 64.7 Å². The second-order valence-corrected chi connectivity index (χ2v) is 9.21. The van der Waals surface area contributed by atoms with Crippen molar-refractivity contribution >= 4 is 47.2 Å². The second-order valence-electron chi connectivity index (χ2n) is 8.77. The number of hydrogen-bond acceptors (Lipinski definition) is 6. The molecule has 190 valence electrons. The van der Waals surface area contributed by atoms with Gasteiger partial charge in [-0.15, -0.1) is 12.4 Å². The van der Waals surface area contributed by atoms with Gasteiger partial charge in [0.15, 0.2) is 11.6 Å². The Kier molecular flexibility index (Phi) is 11.2. The van der Waals surface area contributed by atoms with Crippen molar-refractivity contribution in [1.82, 2.24) is 4.90 Å². The van der Waals surface area contributed by atoms with Crippen LogP contribution in [0.5, 0.6) is 0 Å². The number of carbonyl (C=O) groups excluding carboxylic acids is 2. The number of anilines is 1. The van der Waals surface area contributed by atoms with Crippen molar-refractivity contribution in [1.29, 1.82) is 0 Å². The van der Waals surface area contributed by atoms with Gasteiger partial charge >= 0.3 is 5.97 Å². The van der Waals surface area contributed by atoms with Crippen LogP contribution in [0.3, 0.4) is 0 Å². The van der Waals surface area contributed by atoms with E-state index in [4.69, 9.17) is 16.7 Å². The number of aliphatic carboxylic acids is 1. The highest BCUT2D eigenvalue weighted by Crippen LogP contribution is 2.33. The van der Waals surface area contributed by atoms with Crippen LogP contribution in [0.2, 0.25) is 5.02 Å². The lowest BCUT2D eigenvalue weighted by molar-refractivity contribution is -0.138. The molecule has 0 saturated carbocycles. The normalized spacial score (nSPS) is 15.1. The Morgan fingerprint density at radius 3 is 2.17 bits per heavy atom. The van der Waals surface area contributed by atoms with E-state index in [2.05, 4.69) is 10.2 Å². The van der Waals surface area contributed by atoms with E-state index in [-0.39, 0.29) is 43.4 Å². The average molecular weight is 523 g/mol. The quantitative estimate of drug-likeness (QED) is 0.351. The van der Waals surface area contributed by atoms with Gasteiger partial charge in [0.2, 0.25) is 0 Å². The number of aliphatic hydroxyl groups is 1. The van der Waals surface area contributed by atoms with Crippen molar-refractivity contribution in [3.63, 3.8) is 0 Å². The molecule has 0 aliphatic carbocycles. The molecule has 2 aromatic carbocycles. The van der Waals surface area contributed by atoms with E-state index in [9.17, 15) is 19.5 Å². The molecule has 3 rings (SSSR count). The van der Waals surface area contributed by atoms with E-state index in [1.165, 1.54) is 0 Å². The maximum absolute atomic E-state index is 12.5. The first-order valence-corrected chi connectivity index (χ1v) is 11.9. The van der Waals surface area contributed by atoms with Crippen molar-refractivity contribution < 1.29 is 24.6 Å². The minimum atomic E-state index is -0.990. The first kappa shape index (κ1) is 28.8. The fraction of sp³-hybridized carbons (Fsp3) is 0.423. The number of carboxylic acid groups (broad SMARTS) is 1. The summed E-state index contributed by atoms with van der Waals surface area (Å²) in [6, 6.07) is 14.3. The van der Waals surface area contributed by atoms with Gasteiger partial charge in [-0.2, -0.15) is 0 Å².